The molecule has 3 saturated carbocycles. The van der Waals surface area contributed by atoms with E-state index in [0.717, 1.165) is 17.8 Å². The first-order valence-corrected chi connectivity index (χ1v) is 7.96. The van der Waals surface area contributed by atoms with Gasteiger partial charge in [0.05, 0.1) is 0 Å². The van der Waals surface area contributed by atoms with Crippen molar-refractivity contribution in [3.05, 3.63) is 0 Å². The van der Waals surface area contributed by atoms with Gasteiger partial charge in [-0.3, -0.25) is 0 Å². The molecule has 0 amide bonds. The highest BCUT2D eigenvalue weighted by molar-refractivity contribution is 4.95. The number of rotatable bonds is 4. The summed E-state index contributed by atoms with van der Waals surface area (Å²) in [4.78, 5) is 0. The van der Waals surface area contributed by atoms with Crippen LogP contribution < -0.4 is 5.32 Å². The molecule has 0 spiro atoms. The minimum absolute atomic E-state index is 0.683. The fourth-order valence-corrected chi connectivity index (χ4v) is 5.31. The van der Waals surface area contributed by atoms with Crippen molar-refractivity contribution in [2.24, 2.45) is 23.2 Å². The van der Waals surface area contributed by atoms with E-state index in [4.69, 9.17) is 0 Å². The number of fused-ring (bicyclic) bond motifs is 2. The molecule has 0 aromatic rings. The average Bonchev–Trinajstić information content (AvgIpc) is 2.92. The van der Waals surface area contributed by atoms with Crippen LogP contribution in [0, 0.1) is 23.2 Å². The van der Waals surface area contributed by atoms with E-state index in [1.807, 2.05) is 0 Å². The number of hydrogen-bond donors (Lipinski definition) is 1. The number of hydrogen-bond acceptors (Lipinski definition) is 1. The third-order valence-electron chi connectivity index (χ3n) is 6.05. The van der Waals surface area contributed by atoms with Gasteiger partial charge in [-0.1, -0.05) is 25.7 Å². The molecule has 3 unspecified atom stereocenters. The fourth-order valence-electron chi connectivity index (χ4n) is 5.31. The first kappa shape index (κ1) is 12.0. The highest BCUT2D eigenvalue weighted by Crippen LogP contribution is 2.53. The maximum atomic E-state index is 3.50. The predicted octanol–water partition coefficient (Wildman–Crippen LogP) is 3.98. The first-order chi connectivity index (χ1) is 8.31. The Hall–Kier alpha value is -0.0400. The van der Waals surface area contributed by atoms with Gasteiger partial charge >= 0.3 is 0 Å². The van der Waals surface area contributed by atoms with Crippen molar-refractivity contribution in [1.82, 2.24) is 5.32 Å². The zero-order valence-corrected chi connectivity index (χ0v) is 11.5. The van der Waals surface area contributed by atoms with E-state index >= 15 is 0 Å². The molecule has 1 heteroatoms. The zero-order valence-electron chi connectivity index (χ0n) is 11.5. The monoisotopic (exact) mass is 235 g/mol. The van der Waals surface area contributed by atoms with Crippen molar-refractivity contribution in [2.45, 2.75) is 64.2 Å². The Labute approximate surface area is 107 Å². The molecule has 3 atom stereocenters. The topological polar surface area (TPSA) is 12.0 Å². The molecule has 3 aliphatic rings. The summed E-state index contributed by atoms with van der Waals surface area (Å²) in [6.07, 6.45) is 15.3. The molecule has 1 nitrogen and oxygen atoms in total. The van der Waals surface area contributed by atoms with Gasteiger partial charge in [-0.05, 0) is 68.7 Å². The van der Waals surface area contributed by atoms with E-state index in [1.165, 1.54) is 38.6 Å². The standard InChI is InChI=1S/C16H29N/c1-17-12-16(7-3-2-4-8-16)11-15-10-13-5-6-14(15)9-13/h13-15,17H,2-12H2,1H3. The Morgan fingerprint density at radius 1 is 1.06 bits per heavy atom. The molecule has 3 fully saturated rings. The van der Waals surface area contributed by atoms with Gasteiger partial charge in [0.25, 0.3) is 0 Å². The van der Waals surface area contributed by atoms with Crippen LogP contribution in [0.25, 0.3) is 0 Å². The summed E-state index contributed by atoms with van der Waals surface area (Å²) in [5.41, 5.74) is 0.683. The zero-order chi connectivity index (χ0) is 11.7. The molecule has 98 valence electrons. The van der Waals surface area contributed by atoms with Crippen molar-refractivity contribution < 1.29 is 0 Å². The van der Waals surface area contributed by atoms with Gasteiger partial charge in [0.15, 0.2) is 0 Å². The summed E-state index contributed by atoms with van der Waals surface area (Å²) >= 11 is 0. The van der Waals surface area contributed by atoms with Gasteiger partial charge in [0, 0.05) is 6.54 Å². The molecular formula is C16H29N. The van der Waals surface area contributed by atoms with E-state index < -0.39 is 0 Å². The summed E-state index contributed by atoms with van der Waals surface area (Å²) in [5, 5.41) is 3.50. The largest absolute Gasteiger partial charge is 0.319 e. The Bertz CT molecular complexity index is 249. The molecule has 2 bridgehead atoms. The molecule has 3 rings (SSSR count). The molecule has 17 heavy (non-hydrogen) atoms. The molecule has 0 aromatic carbocycles. The van der Waals surface area contributed by atoms with E-state index in [9.17, 15) is 0 Å². The van der Waals surface area contributed by atoms with Crippen LogP contribution in [0.3, 0.4) is 0 Å². The summed E-state index contributed by atoms with van der Waals surface area (Å²) in [6.45, 7) is 1.28. The lowest BCUT2D eigenvalue weighted by atomic mass is 9.66. The normalized spacial score (nSPS) is 39.7. The van der Waals surface area contributed by atoms with Crippen LogP contribution in [0.4, 0.5) is 0 Å². The van der Waals surface area contributed by atoms with E-state index in [0.29, 0.717) is 5.41 Å². The van der Waals surface area contributed by atoms with Gasteiger partial charge in [-0.15, -0.1) is 0 Å². The van der Waals surface area contributed by atoms with Crippen molar-refractivity contribution in [3.63, 3.8) is 0 Å². The molecule has 0 heterocycles. The minimum atomic E-state index is 0.683. The van der Waals surface area contributed by atoms with Crippen LogP contribution in [-0.4, -0.2) is 13.6 Å². The van der Waals surface area contributed by atoms with Gasteiger partial charge in [-0.2, -0.15) is 0 Å². The Kier molecular flexibility index (Phi) is 3.47. The molecule has 0 radical (unpaired) electrons. The van der Waals surface area contributed by atoms with Gasteiger partial charge in [0.2, 0.25) is 0 Å². The van der Waals surface area contributed by atoms with Crippen LogP contribution in [0.15, 0.2) is 0 Å². The molecule has 0 aromatic heterocycles. The van der Waals surface area contributed by atoms with Crippen molar-refractivity contribution in [3.8, 4) is 0 Å². The molecular weight excluding hydrogens is 206 g/mol. The van der Waals surface area contributed by atoms with E-state index in [-0.39, 0.29) is 0 Å². The van der Waals surface area contributed by atoms with E-state index in [1.54, 1.807) is 32.1 Å². The second-order valence-corrected chi connectivity index (χ2v) is 7.23. The van der Waals surface area contributed by atoms with Gasteiger partial charge in [-0.25, -0.2) is 0 Å². The molecule has 0 aliphatic heterocycles. The summed E-state index contributed by atoms with van der Waals surface area (Å²) in [7, 11) is 2.15. The lowest BCUT2D eigenvalue weighted by Crippen LogP contribution is -2.37. The maximum Gasteiger partial charge on any atom is 0.000491 e. The van der Waals surface area contributed by atoms with Gasteiger partial charge < -0.3 is 5.32 Å². The minimum Gasteiger partial charge on any atom is -0.319 e. The van der Waals surface area contributed by atoms with Crippen LogP contribution in [-0.2, 0) is 0 Å². The first-order valence-electron chi connectivity index (χ1n) is 7.96. The second-order valence-electron chi connectivity index (χ2n) is 7.23. The molecule has 0 saturated heterocycles. The third kappa shape index (κ3) is 2.41. The van der Waals surface area contributed by atoms with Crippen LogP contribution in [0.5, 0.6) is 0 Å². The number of nitrogens with one attached hydrogen (secondary N) is 1. The summed E-state index contributed by atoms with van der Waals surface area (Å²) < 4.78 is 0. The maximum absolute atomic E-state index is 3.50. The highest BCUT2D eigenvalue weighted by Gasteiger charge is 2.43. The van der Waals surface area contributed by atoms with Crippen molar-refractivity contribution in [1.29, 1.82) is 0 Å². The lowest BCUT2D eigenvalue weighted by Gasteiger charge is -2.41. The average molecular weight is 235 g/mol. The highest BCUT2D eigenvalue weighted by atomic mass is 14.8. The fraction of sp³-hybridized carbons (Fsp3) is 1.00. The van der Waals surface area contributed by atoms with Crippen LogP contribution in [0.1, 0.15) is 64.2 Å². The quantitative estimate of drug-likeness (QED) is 0.777. The summed E-state index contributed by atoms with van der Waals surface area (Å²) in [5.74, 6) is 3.34. The Morgan fingerprint density at radius 3 is 2.47 bits per heavy atom. The molecule has 1 N–H and O–H groups in total. The molecule has 3 aliphatic carbocycles. The SMILES string of the molecule is CNCC1(CC2CC3CCC2C3)CCCCC1. The van der Waals surface area contributed by atoms with Crippen LogP contribution in [0.2, 0.25) is 0 Å². The Balaban J connectivity index is 1.63. The smallest absolute Gasteiger partial charge is 0.000491 e. The second kappa shape index (κ2) is 4.91. The van der Waals surface area contributed by atoms with E-state index in [2.05, 4.69) is 12.4 Å². The Morgan fingerprint density at radius 2 is 1.88 bits per heavy atom. The lowest BCUT2D eigenvalue weighted by molar-refractivity contribution is 0.118. The predicted molar refractivity (Wildman–Crippen MR) is 73.0 cm³/mol. The van der Waals surface area contributed by atoms with Gasteiger partial charge in [0.1, 0.15) is 0 Å². The third-order valence-corrected chi connectivity index (χ3v) is 6.05. The van der Waals surface area contributed by atoms with Crippen LogP contribution >= 0.6 is 0 Å². The summed E-state index contributed by atoms with van der Waals surface area (Å²) in [6, 6.07) is 0. The van der Waals surface area contributed by atoms with Crippen molar-refractivity contribution >= 4 is 0 Å². The van der Waals surface area contributed by atoms with Crippen molar-refractivity contribution in [2.75, 3.05) is 13.6 Å².